The van der Waals surface area contributed by atoms with Crippen molar-refractivity contribution in [3.63, 3.8) is 0 Å². The van der Waals surface area contributed by atoms with Gasteiger partial charge >= 0.3 is 0 Å². The molecule has 25 heavy (non-hydrogen) atoms. The summed E-state index contributed by atoms with van der Waals surface area (Å²) in [5.41, 5.74) is 3.10. The lowest BCUT2D eigenvalue weighted by Crippen LogP contribution is -2.33. The van der Waals surface area contributed by atoms with E-state index in [1.165, 1.54) is 0 Å². The molecular formula is C18H23N3O3S. The Kier molecular flexibility index (Phi) is 5.81. The van der Waals surface area contributed by atoms with Crippen LogP contribution in [0.2, 0.25) is 0 Å². The first kappa shape index (κ1) is 19.0. The fourth-order valence-corrected chi connectivity index (χ4v) is 3.59. The first-order valence-electron chi connectivity index (χ1n) is 7.83. The van der Waals surface area contributed by atoms with Crippen molar-refractivity contribution in [3.8, 4) is 0 Å². The van der Waals surface area contributed by atoms with Crippen LogP contribution < -0.4 is 14.9 Å². The van der Waals surface area contributed by atoms with Gasteiger partial charge in [0.2, 0.25) is 15.9 Å². The number of carbonyl (C=O) groups excluding carboxylic acids is 1. The molecule has 2 N–H and O–H groups in total. The van der Waals surface area contributed by atoms with Crippen LogP contribution in [0.3, 0.4) is 0 Å². The number of amides is 1. The number of hydrogen-bond acceptors (Lipinski definition) is 4. The molecule has 7 heteroatoms. The van der Waals surface area contributed by atoms with Crippen LogP contribution in [0.5, 0.6) is 0 Å². The molecule has 0 aliphatic rings. The lowest BCUT2D eigenvalue weighted by molar-refractivity contribution is -0.115. The SMILES string of the molecule is Cc1ccc(C)c(S(=O)(=O)NCC(=O)Nc2ccc(N(C)C)cc2)c1. The highest BCUT2D eigenvalue weighted by molar-refractivity contribution is 7.89. The molecule has 0 spiro atoms. The van der Waals surface area contributed by atoms with Gasteiger partial charge in [0.1, 0.15) is 0 Å². The molecule has 0 aromatic heterocycles. The maximum absolute atomic E-state index is 12.4. The molecule has 0 bridgehead atoms. The van der Waals surface area contributed by atoms with Crippen molar-refractivity contribution in [1.29, 1.82) is 0 Å². The first-order chi connectivity index (χ1) is 11.7. The molecule has 0 heterocycles. The van der Waals surface area contributed by atoms with Crippen LogP contribution in [0, 0.1) is 13.8 Å². The Morgan fingerprint density at radius 3 is 2.28 bits per heavy atom. The van der Waals surface area contributed by atoms with Gasteiger partial charge in [-0.05, 0) is 55.3 Å². The van der Waals surface area contributed by atoms with Gasteiger partial charge in [0.25, 0.3) is 0 Å². The number of benzene rings is 2. The summed E-state index contributed by atoms with van der Waals surface area (Å²) in [4.78, 5) is 14.2. The molecule has 0 atom stereocenters. The second kappa shape index (κ2) is 7.67. The van der Waals surface area contributed by atoms with Crippen LogP contribution in [-0.4, -0.2) is 35.0 Å². The molecule has 0 saturated heterocycles. The summed E-state index contributed by atoms with van der Waals surface area (Å²) >= 11 is 0. The van der Waals surface area contributed by atoms with Crippen molar-refractivity contribution in [2.45, 2.75) is 18.7 Å². The highest BCUT2D eigenvalue weighted by Crippen LogP contribution is 2.17. The molecule has 2 rings (SSSR count). The van der Waals surface area contributed by atoms with E-state index in [9.17, 15) is 13.2 Å². The third kappa shape index (κ3) is 5.04. The molecule has 134 valence electrons. The Morgan fingerprint density at radius 2 is 1.68 bits per heavy atom. The Labute approximate surface area is 148 Å². The minimum Gasteiger partial charge on any atom is -0.378 e. The van der Waals surface area contributed by atoms with Crippen LogP contribution in [0.15, 0.2) is 47.4 Å². The monoisotopic (exact) mass is 361 g/mol. The van der Waals surface area contributed by atoms with Crippen LogP contribution >= 0.6 is 0 Å². The number of sulfonamides is 1. The van der Waals surface area contributed by atoms with Crippen LogP contribution in [0.1, 0.15) is 11.1 Å². The second-order valence-electron chi connectivity index (χ2n) is 6.08. The molecule has 0 aliphatic heterocycles. The summed E-state index contributed by atoms with van der Waals surface area (Å²) in [5.74, 6) is -0.425. The van der Waals surface area contributed by atoms with E-state index in [4.69, 9.17) is 0 Å². The van der Waals surface area contributed by atoms with E-state index in [0.717, 1.165) is 11.3 Å². The largest absolute Gasteiger partial charge is 0.378 e. The van der Waals surface area contributed by atoms with Gasteiger partial charge in [0, 0.05) is 25.5 Å². The quantitative estimate of drug-likeness (QED) is 0.827. The van der Waals surface area contributed by atoms with E-state index in [2.05, 4.69) is 10.0 Å². The van der Waals surface area contributed by atoms with Crippen molar-refractivity contribution >= 4 is 27.3 Å². The van der Waals surface area contributed by atoms with Gasteiger partial charge in [-0.2, -0.15) is 0 Å². The number of aryl methyl sites for hydroxylation is 2. The number of nitrogens with one attached hydrogen (secondary N) is 2. The summed E-state index contributed by atoms with van der Waals surface area (Å²) in [6.07, 6.45) is 0. The van der Waals surface area contributed by atoms with Gasteiger partial charge in [0.15, 0.2) is 0 Å². The zero-order valence-corrected chi connectivity index (χ0v) is 15.6. The standard InChI is InChI=1S/C18H23N3O3S/c1-13-5-6-14(2)17(11-13)25(23,24)19-12-18(22)20-15-7-9-16(10-8-15)21(3)4/h5-11,19H,12H2,1-4H3,(H,20,22). The molecule has 0 aliphatic carbocycles. The van der Waals surface area contributed by atoms with E-state index in [1.54, 1.807) is 31.2 Å². The second-order valence-corrected chi connectivity index (χ2v) is 7.82. The zero-order valence-electron chi connectivity index (χ0n) is 14.8. The Hall–Kier alpha value is -2.38. The average molecular weight is 361 g/mol. The van der Waals surface area contributed by atoms with Gasteiger partial charge in [-0.3, -0.25) is 4.79 Å². The summed E-state index contributed by atoms with van der Waals surface area (Å²) in [7, 11) is 0.116. The fraction of sp³-hybridized carbons (Fsp3) is 0.278. The Bertz CT molecular complexity index is 860. The van der Waals surface area contributed by atoms with Crippen LogP contribution in [0.4, 0.5) is 11.4 Å². The Morgan fingerprint density at radius 1 is 1.04 bits per heavy atom. The molecule has 0 saturated carbocycles. The minimum absolute atomic E-state index is 0.190. The number of anilines is 2. The molecule has 2 aromatic carbocycles. The van der Waals surface area contributed by atoms with E-state index >= 15 is 0 Å². The van der Waals surface area contributed by atoms with Crippen molar-refractivity contribution in [2.75, 3.05) is 30.9 Å². The minimum atomic E-state index is -3.74. The van der Waals surface area contributed by atoms with Crippen molar-refractivity contribution in [3.05, 3.63) is 53.6 Å². The number of carbonyl (C=O) groups is 1. The molecule has 0 radical (unpaired) electrons. The maximum atomic E-state index is 12.4. The first-order valence-corrected chi connectivity index (χ1v) is 9.31. The molecule has 2 aromatic rings. The molecular weight excluding hydrogens is 338 g/mol. The highest BCUT2D eigenvalue weighted by atomic mass is 32.2. The summed E-state index contributed by atoms with van der Waals surface area (Å²) < 4.78 is 27.1. The Balaban J connectivity index is 2.00. The van der Waals surface area contributed by atoms with Gasteiger partial charge in [-0.1, -0.05) is 12.1 Å². The predicted molar refractivity (Wildman–Crippen MR) is 101 cm³/mol. The number of hydrogen-bond donors (Lipinski definition) is 2. The highest BCUT2D eigenvalue weighted by Gasteiger charge is 2.18. The molecule has 0 unspecified atom stereocenters. The molecule has 6 nitrogen and oxygen atoms in total. The third-order valence-electron chi connectivity index (χ3n) is 3.72. The van der Waals surface area contributed by atoms with Gasteiger partial charge in [-0.15, -0.1) is 0 Å². The number of nitrogens with zero attached hydrogens (tertiary/aromatic N) is 1. The lowest BCUT2D eigenvalue weighted by Gasteiger charge is -2.13. The van der Waals surface area contributed by atoms with E-state index in [0.29, 0.717) is 11.3 Å². The van der Waals surface area contributed by atoms with Gasteiger partial charge < -0.3 is 10.2 Å². The summed E-state index contributed by atoms with van der Waals surface area (Å²) in [6.45, 7) is 3.22. The van der Waals surface area contributed by atoms with Gasteiger partial charge in [0.05, 0.1) is 11.4 Å². The van der Waals surface area contributed by atoms with Crippen molar-refractivity contribution in [1.82, 2.24) is 4.72 Å². The van der Waals surface area contributed by atoms with E-state index in [1.807, 2.05) is 44.1 Å². The zero-order chi connectivity index (χ0) is 18.6. The van der Waals surface area contributed by atoms with Crippen LogP contribution in [-0.2, 0) is 14.8 Å². The van der Waals surface area contributed by atoms with E-state index < -0.39 is 15.9 Å². The van der Waals surface area contributed by atoms with Crippen LogP contribution in [0.25, 0.3) is 0 Å². The maximum Gasteiger partial charge on any atom is 0.241 e. The third-order valence-corrected chi connectivity index (χ3v) is 5.27. The van der Waals surface area contributed by atoms with Crippen molar-refractivity contribution in [2.24, 2.45) is 0 Å². The average Bonchev–Trinajstić information content (AvgIpc) is 2.56. The normalized spacial score (nSPS) is 11.2. The molecule has 1 amide bonds. The molecule has 0 fully saturated rings. The predicted octanol–water partition coefficient (Wildman–Crippen LogP) is 2.29. The number of rotatable bonds is 6. The fourth-order valence-electron chi connectivity index (χ4n) is 2.28. The van der Waals surface area contributed by atoms with E-state index in [-0.39, 0.29) is 11.4 Å². The van der Waals surface area contributed by atoms with Gasteiger partial charge in [-0.25, -0.2) is 13.1 Å². The summed E-state index contributed by atoms with van der Waals surface area (Å²) in [6, 6.07) is 12.5. The van der Waals surface area contributed by atoms with Crippen molar-refractivity contribution < 1.29 is 13.2 Å². The summed E-state index contributed by atoms with van der Waals surface area (Å²) in [5, 5.41) is 2.67. The smallest absolute Gasteiger partial charge is 0.241 e. The lowest BCUT2D eigenvalue weighted by atomic mass is 10.2. The topological polar surface area (TPSA) is 78.5 Å².